The Kier molecular flexibility index (Phi) is 7.07. The number of thiol groups is 1. The molecule has 31 heavy (non-hydrogen) atoms. The standard InChI is InChI=1S/C20H22N6O3S2/c27-19(26-8-10-28-11-9-26)24-22-15-4-6-17(7-5-15)29-13-21-16-3-1-2-14(12-16)18-23-25-20(30)31-18/h1-7,12,21-22H,8-11,13H2,(H,24,27)(H,25,30). The highest BCUT2D eigenvalue weighted by atomic mass is 32.2. The molecule has 0 unspecified atom stereocenters. The van der Waals surface area contributed by atoms with Crippen LogP contribution < -0.4 is 20.9 Å². The molecule has 162 valence electrons. The summed E-state index contributed by atoms with van der Waals surface area (Å²) in [7, 11) is 0. The molecule has 2 amide bonds. The molecule has 0 saturated carbocycles. The molecule has 2 heterocycles. The number of hydrazine groups is 1. The van der Waals surface area contributed by atoms with Crippen LogP contribution in [0.4, 0.5) is 16.2 Å². The minimum absolute atomic E-state index is 0.172. The molecule has 0 radical (unpaired) electrons. The Morgan fingerprint density at radius 1 is 1.13 bits per heavy atom. The number of amides is 2. The van der Waals surface area contributed by atoms with Gasteiger partial charge in [0.15, 0.2) is 11.1 Å². The number of benzene rings is 2. The van der Waals surface area contributed by atoms with Gasteiger partial charge in [0.2, 0.25) is 0 Å². The maximum atomic E-state index is 12.1. The second kappa shape index (κ2) is 10.3. The Morgan fingerprint density at radius 3 is 2.68 bits per heavy atom. The SMILES string of the molecule is O=C(NNc1ccc(OCNc2cccc(-c3nnc(S)s3)c2)cc1)N1CCOCC1. The summed E-state index contributed by atoms with van der Waals surface area (Å²) in [5.41, 5.74) is 8.24. The summed E-state index contributed by atoms with van der Waals surface area (Å²) >= 11 is 5.64. The number of carbonyl (C=O) groups is 1. The molecule has 4 rings (SSSR count). The van der Waals surface area contributed by atoms with E-state index < -0.39 is 0 Å². The number of rotatable bonds is 7. The fourth-order valence-corrected chi connectivity index (χ4v) is 3.79. The van der Waals surface area contributed by atoms with E-state index in [0.29, 0.717) is 43.1 Å². The molecule has 0 bridgehead atoms. The average molecular weight is 459 g/mol. The van der Waals surface area contributed by atoms with Gasteiger partial charge in [0.1, 0.15) is 10.8 Å². The Labute approximate surface area is 189 Å². The first-order valence-corrected chi connectivity index (χ1v) is 10.9. The van der Waals surface area contributed by atoms with Crippen LogP contribution in [-0.2, 0) is 4.74 Å². The molecule has 3 N–H and O–H groups in total. The van der Waals surface area contributed by atoms with Crippen LogP contribution in [0, 0.1) is 0 Å². The zero-order valence-corrected chi connectivity index (χ0v) is 18.3. The smallest absolute Gasteiger partial charge is 0.336 e. The van der Waals surface area contributed by atoms with Gasteiger partial charge >= 0.3 is 6.03 Å². The third-order valence-corrected chi connectivity index (χ3v) is 5.64. The summed E-state index contributed by atoms with van der Waals surface area (Å²) < 4.78 is 11.6. The van der Waals surface area contributed by atoms with E-state index in [-0.39, 0.29) is 6.03 Å². The molecule has 1 aliphatic rings. The number of hydrogen-bond donors (Lipinski definition) is 4. The van der Waals surface area contributed by atoms with Crippen molar-refractivity contribution in [1.82, 2.24) is 20.5 Å². The topological polar surface area (TPSA) is 101 Å². The van der Waals surface area contributed by atoms with Crippen LogP contribution >= 0.6 is 24.0 Å². The number of nitrogens with one attached hydrogen (secondary N) is 3. The van der Waals surface area contributed by atoms with Gasteiger partial charge in [-0.2, -0.15) is 0 Å². The monoisotopic (exact) mass is 458 g/mol. The normalized spacial score (nSPS) is 13.5. The van der Waals surface area contributed by atoms with E-state index in [1.807, 2.05) is 48.5 Å². The molecule has 0 aliphatic carbocycles. The lowest BCUT2D eigenvalue weighted by molar-refractivity contribution is 0.0536. The van der Waals surface area contributed by atoms with Gasteiger partial charge in [-0.05, 0) is 36.4 Å². The first kappa shape index (κ1) is 21.2. The number of nitrogens with zero attached hydrogens (tertiary/aromatic N) is 3. The summed E-state index contributed by atoms with van der Waals surface area (Å²) in [5, 5.41) is 12.1. The summed E-state index contributed by atoms with van der Waals surface area (Å²) in [4.78, 5) is 13.8. The predicted octanol–water partition coefficient (Wildman–Crippen LogP) is 3.31. The molecule has 0 spiro atoms. The van der Waals surface area contributed by atoms with Crippen molar-refractivity contribution in [2.24, 2.45) is 0 Å². The highest BCUT2D eigenvalue weighted by Gasteiger charge is 2.16. The predicted molar refractivity (Wildman–Crippen MR) is 123 cm³/mol. The molecule has 2 aromatic carbocycles. The van der Waals surface area contributed by atoms with E-state index >= 15 is 0 Å². The van der Waals surface area contributed by atoms with E-state index in [4.69, 9.17) is 9.47 Å². The Hall–Kier alpha value is -3.02. The van der Waals surface area contributed by atoms with Crippen molar-refractivity contribution in [2.45, 2.75) is 4.34 Å². The largest absolute Gasteiger partial charge is 0.473 e. The minimum Gasteiger partial charge on any atom is -0.473 e. The minimum atomic E-state index is -0.172. The maximum absolute atomic E-state index is 12.1. The summed E-state index contributed by atoms with van der Waals surface area (Å²) in [5.74, 6) is 0.706. The Morgan fingerprint density at radius 2 is 1.94 bits per heavy atom. The fraction of sp³-hybridized carbons (Fsp3) is 0.250. The van der Waals surface area contributed by atoms with Gasteiger partial charge in [-0.25, -0.2) is 4.79 Å². The molecule has 1 fully saturated rings. The van der Waals surface area contributed by atoms with Crippen LogP contribution in [0.3, 0.4) is 0 Å². The van der Waals surface area contributed by atoms with Gasteiger partial charge in [-0.15, -0.1) is 22.8 Å². The van der Waals surface area contributed by atoms with Crippen LogP contribution in [0.1, 0.15) is 0 Å². The molecule has 9 nitrogen and oxygen atoms in total. The lowest BCUT2D eigenvalue weighted by atomic mass is 10.2. The zero-order valence-electron chi connectivity index (χ0n) is 16.6. The molecule has 1 aromatic heterocycles. The van der Waals surface area contributed by atoms with Crippen molar-refractivity contribution < 1.29 is 14.3 Å². The quantitative estimate of drug-likeness (QED) is 0.245. The van der Waals surface area contributed by atoms with Crippen LogP contribution in [0.25, 0.3) is 10.6 Å². The third-order valence-electron chi connectivity index (χ3n) is 4.51. The molecule has 3 aromatic rings. The van der Waals surface area contributed by atoms with Crippen molar-refractivity contribution in [3.8, 4) is 16.3 Å². The third kappa shape index (κ3) is 6.00. The van der Waals surface area contributed by atoms with Crippen LogP contribution in [0.5, 0.6) is 5.75 Å². The number of hydrogen-bond acceptors (Lipinski definition) is 9. The van der Waals surface area contributed by atoms with Crippen LogP contribution in [-0.4, -0.2) is 54.2 Å². The molecule has 1 saturated heterocycles. The molecular formula is C20H22N6O3S2. The number of morpholine rings is 1. The second-order valence-corrected chi connectivity index (χ2v) is 8.32. The molecule has 0 atom stereocenters. The summed E-state index contributed by atoms with van der Waals surface area (Å²) in [6.07, 6.45) is 0. The summed E-state index contributed by atoms with van der Waals surface area (Å²) in [6.45, 7) is 2.62. The zero-order chi connectivity index (χ0) is 21.5. The van der Waals surface area contributed by atoms with Crippen molar-refractivity contribution in [3.63, 3.8) is 0 Å². The van der Waals surface area contributed by atoms with Crippen LogP contribution in [0.15, 0.2) is 52.9 Å². The number of carbonyl (C=O) groups excluding carboxylic acids is 1. The Bertz CT molecular complexity index is 1010. The maximum Gasteiger partial charge on any atom is 0.336 e. The number of urea groups is 1. The first-order valence-electron chi connectivity index (χ1n) is 9.66. The van der Waals surface area contributed by atoms with Gasteiger partial charge < -0.3 is 19.7 Å². The van der Waals surface area contributed by atoms with E-state index in [1.54, 1.807) is 4.90 Å². The van der Waals surface area contributed by atoms with Crippen molar-refractivity contribution in [3.05, 3.63) is 48.5 Å². The number of aromatic nitrogens is 2. The number of anilines is 2. The van der Waals surface area contributed by atoms with Crippen molar-refractivity contribution in [1.29, 1.82) is 0 Å². The first-order chi connectivity index (χ1) is 15.2. The van der Waals surface area contributed by atoms with Gasteiger partial charge in [-0.1, -0.05) is 23.5 Å². The molecule has 11 heteroatoms. The lowest BCUT2D eigenvalue weighted by Crippen LogP contribution is -2.47. The second-order valence-electron chi connectivity index (χ2n) is 6.61. The average Bonchev–Trinajstić information content (AvgIpc) is 3.25. The Balaban J connectivity index is 1.23. The van der Waals surface area contributed by atoms with Crippen molar-refractivity contribution in [2.75, 3.05) is 43.8 Å². The molecular weight excluding hydrogens is 436 g/mol. The highest BCUT2D eigenvalue weighted by Crippen LogP contribution is 2.27. The lowest BCUT2D eigenvalue weighted by Gasteiger charge is -2.27. The van der Waals surface area contributed by atoms with E-state index in [2.05, 4.69) is 39.0 Å². The van der Waals surface area contributed by atoms with E-state index in [1.165, 1.54) is 11.3 Å². The number of ether oxygens (including phenoxy) is 2. The van der Waals surface area contributed by atoms with Gasteiger partial charge in [0, 0.05) is 24.3 Å². The fourth-order valence-electron chi connectivity index (χ4n) is 2.90. The molecule has 1 aliphatic heterocycles. The van der Waals surface area contributed by atoms with Gasteiger partial charge in [0.25, 0.3) is 0 Å². The highest BCUT2D eigenvalue weighted by molar-refractivity contribution is 7.82. The summed E-state index contributed by atoms with van der Waals surface area (Å²) in [6, 6.07) is 15.0. The van der Waals surface area contributed by atoms with E-state index in [0.717, 1.165) is 21.9 Å². The van der Waals surface area contributed by atoms with Crippen LogP contribution in [0.2, 0.25) is 0 Å². The van der Waals surface area contributed by atoms with Crippen molar-refractivity contribution >= 4 is 41.4 Å². The van der Waals surface area contributed by atoms with Gasteiger partial charge in [-0.3, -0.25) is 10.9 Å². The van der Waals surface area contributed by atoms with Gasteiger partial charge in [0.05, 0.1) is 18.9 Å². The van der Waals surface area contributed by atoms with E-state index in [9.17, 15) is 4.79 Å².